The number of carbonyl (C=O) groups excluding carboxylic acids is 2. The average Bonchev–Trinajstić information content (AvgIpc) is 2.30. The Balaban J connectivity index is 2.17. The van der Waals surface area contributed by atoms with Crippen LogP contribution in [0.4, 0.5) is 0 Å². The van der Waals surface area contributed by atoms with Gasteiger partial charge in [0.2, 0.25) is 0 Å². The van der Waals surface area contributed by atoms with Crippen LogP contribution in [0.2, 0.25) is 0 Å². The molecule has 0 radical (unpaired) electrons. The summed E-state index contributed by atoms with van der Waals surface area (Å²) in [6.07, 6.45) is 7.93. The molecule has 2 amide bonds. The summed E-state index contributed by atoms with van der Waals surface area (Å²) in [5.41, 5.74) is 1.41. The topological polar surface area (TPSA) is 58.2 Å². The van der Waals surface area contributed by atoms with E-state index in [0.717, 1.165) is 19.3 Å². The Morgan fingerprint density at radius 3 is 2.62 bits per heavy atom. The molecule has 0 heterocycles. The molecule has 2 N–H and O–H groups in total. The van der Waals surface area contributed by atoms with Crippen LogP contribution in [0.3, 0.4) is 0 Å². The molecule has 0 saturated heterocycles. The largest absolute Gasteiger partial charge is 0.348 e. The monoisotopic (exact) mass is 224 g/mol. The predicted octanol–water partition coefficient (Wildman–Crippen LogP) is 1.13. The van der Waals surface area contributed by atoms with E-state index in [1.54, 1.807) is 6.92 Å². The number of amides is 2. The standard InChI is InChI=1S/C12H20N2O2/c1-2-13-11(15)12(16)14-9-8-10-6-4-3-5-7-10/h6H,2-5,7-9H2,1H3,(H,13,15)(H,14,16). The molecule has 1 aliphatic carbocycles. The lowest BCUT2D eigenvalue weighted by atomic mass is 9.97. The van der Waals surface area contributed by atoms with Gasteiger partial charge in [0.05, 0.1) is 0 Å². The van der Waals surface area contributed by atoms with Gasteiger partial charge in [-0.15, -0.1) is 0 Å². The van der Waals surface area contributed by atoms with Gasteiger partial charge in [-0.05, 0) is 39.0 Å². The van der Waals surface area contributed by atoms with E-state index in [1.165, 1.54) is 18.4 Å². The molecule has 4 nitrogen and oxygen atoms in total. The predicted molar refractivity (Wildman–Crippen MR) is 62.9 cm³/mol. The number of allylic oxidation sites excluding steroid dienone is 1. The van der Waals surface area contributed by atoms with Crippen molar-refractivity contribution in [3.05, 3.63) is 11.6 Å². The van der Waals surface area contributed by atoms with Gasteiger partial charge in [0.25, 0.3) is 0 Å². The lowest BCUT2D eigenvalue weighted by molar-refractivity contribution is -0.139. The van der Waals surface area contributed by atoms with Crippen LogP contribution >= 0.6 is 0 Å². The lowest BCUT2D eigenvalue weighted by Gasteiger charge is -2.12. The normalized spacial score (nSPS) is 15.2. The third-order valence-corrected chi connectivity index (χ3v) is 2.66. The van der Waals surface area contributed by atoms with E-state index in [4.69, 9.17) is 0 Å². The number of rotatable bonds is 4. The summed E-state index contributed by atoms with van der Waals surface area (Å²) >= 11 is 0. The van der Waals surface area contributed by atoms with Crippen LogP contribution in [0, 0.1) is 0 Å². The molecule has 0 aromatic heterocycles. The molecule has 0 spiro atoms. The minimum Gasteiger partial charge on any atom is -0.348 e. The fourth-order valence-corrected chi connectivity index (χ4v) is 1.79. The molecular formula is C12H20N2O2. The second-order valence-electron chi connectivity index (χ2n) is 3.97. The van der Waals surface area contributed by atoms with E-state index in [2.05, 4.69) is 16.7 Å². The molecule has 4 heteroatoms. The Hall–Kier alpha value is -1.32. The highest BCUT2D eigenvalue weighted by molar-refractivity contribution is 6.35. The third-order valence-electron chi connectivity index (χ3n) is 2.66. The number of nitrogens with one attached hydrogen (secondary N) is 2. The molecule has 0 fully saturated rings. The first-order chi connectivity index (χ1) is 7.74. The van der Waals surface area contributed by atoms with Crippen molar-refractivity contribution in [3.8, 4) is 0 Å². The SMILES string of the molecule is CCNC(=O)C(=O)NCCC1=CCCCC1. The number of carbonyl (C=O) groups is 2. The maximum atomic E-state index is 11.2. The molecule has 0 unspecified atom stereocenters. The van der Waals surface area contributed by atoms with Crippen molar-refractivity contribution in [2.45, 2.75) is 39.0 Å². The maximum absolute atomic E-state index is 11.2. The van der Waals surface area contributed by atoms with Gasteiger partial charge in [-0.25, -0.2) is 0 Å². The van der Waals surface area contributed by atoms with E-state index in [0.29, 0.717) is 13.1 Å². The summed E-state index contributed by atoms with van der Waals surface area (Å²) < 4.78 is 0. The van der Waals surface area contributed by atoms with Crippen LogP contribution in [0.1, 0.15) is 39.0 Å². The Morgan fingerprint density at radius 2 is 2.00 bits per heavy atom. The van der Waals surface area contributed by atoms with Crippen molar-refractivity contribution < 1.29 is 9.59 Å². The van der Waals surface area contributed by atoms with Crippen molar-refractivity contribution in [3.63, 3.8) is 0 Å². The first-order valence-corrected chi connectivity index (χ1v) is 5.98. The van der Waals surface area contributed by atoms with E-state index >= 15 is 0 Å². The third kappa shape index (κ3) is 4.47. The molecule has 0 aromatic carbocycles. The average molecular weight is 224 g/mol. The van der Waals surface area contributed by atoms with Crippen molar-refractivity contribution in [1.29, 1.82) is 0 Å². The molecule has 90 valence electrons. The summed E-state index contributed by atoms with van der Waals surface area (Å²) in [6, 6.07) is 0. The summed E-state index contributed by atoms with van der Waals surface area (Å²) in [5.74, 6) is -1.07. The van der Waals surface area contributed by atoms with Gasteiger partial charge < -0.3 is 10.6 Å². The quantitative estimate of drug-likeness (QED) is 0.555. The van der Waals surface area contributed by atoms with E-state index in [9.17, 15) is 9.59 Å². The minimum atomic E-state index is -0.542. The van der Waals surface area contributed by atoms with Gasteiger partial charge in [0.1, 0.15) is 0 Å². The Kier molecular flexibility index (Phi) is 5.61. The van der Waals surface area contributed by atoms with Gasteiger partial charge in [-0.1, -0.05) is 11.6 Å². The van der Waals surface area contributed by atoms with Crippen LogP contribution in [0.5, 0.6) is 0 Å². The summed E-state index contributed by atoms with van der Waals surface area (Å²) in [6.45, 7) is 2.83. The van der Waals surface area contributed by atoms with Crippen LogP contribution in [0.25, 0.3) is 0 Å². The molecule has 0 bridgehead atoms. The Morgan fingerprint density at radius 1 is 1.25 bits per heavy atom. The number of likely N-dealkylation sites (N-methyl/N-ethyl adjacent to an activating group) is 1. The fourth-order valence-electron chi connectivity index (χ4n) is 1.79. The summed E-state index contributed by atoms with van der Waals surface area (Å²) in [7, 11) is 0. The minimum absolute atomic E-state index is 0.484. The molecule has 1 aliphatic rings. The Bertz CT molecular complexity index is 285. The summed E-state index contributed by atoms with van der Waals surface area (Å²) in [4.78, 5) is 22.3. The van der Waals surface area contributed by atoms with E-state index in [-0.39, 0.29) is 0 Å². The van der Waals surface area contributed by atoms with E-state index in [1.807, 2.05) is 0 Å². The van der Waals surface area contributed by atoms with Crippen molar-refractivity contribution in [2.24, 2.45) is 0 Å². The first kappa shape index (κ1) is 12.7. The number of hydrogen-bond acceptors (Lipinski definition) is 2. The van der Waals surface area contributed by atoms with Crippen molar-refractivity contribution >= 4 is 11.8 Å². The second-order valence-corrected chi connectivity index (χ2v) is 3.97. The van der Waals surface area contributed by atoms with E-state index < -0.39 is 11.8 Å². The van der Waals surface area contributed by atoms with Crippen LogP contribution in [-0.2, 0) is 9.59 Å². The first-order valence-electron chi connectivity index (χ1n) is 5.98. The highest BCUT2D eigenvalue weighted by atomic mass is 16.2. The molecule has 0 aliphatic heterocycles. The molecule has 0 aromatic rings. The molecule has 1 rings (SSSR count). The molecule has 0 saturated carbocycles. The zero-order valence-electron chi connectivity index (χ0n) is 9.84. The van der Waals surface area contributed by atoms with Crippen LogP contribution < -0.4 is 10.6 Å². The fraction of sp³-hybridized carbons (Fsp3) is 0.667. The zero-order chi connectivity index (χ0) is 11.8. The Labute approximate surface area is 96.5 Å². The zero-order valence-corrected chi connectivity index (χ0v) is 9.84. The van der Waals surface area contributed by atoms with Gasteiger partial charge in [-0.2, -0.15) is 0 Å². The summed E-state index contributed by atoms with van der Waals surface area (Å²) in [5, 5.41) is 5.09. The number of hydrogen-bond donors (Lipinski definition) is 2. The van der Waals surface area contributed by atoms with Gasteiger partial charge >= 0.3 is 11.8 Å². The lowest BCUT2D eigenvalue weighted by Crippen LogP contribution is -2.40. The molecule has 16 heavy (non-hydrogen) atoms. The molecule has 0 atom stereocenters. The highest BCUT2D eigenvalue weighted by Crippen LogP contribution is 2.19. The van der Waals surface area contributed by atoms with Gasteiger partial charge in [-0.3, -0.25) is 9.59 Å². The van der Waals surface area contributed by atoms with Crippen molar-refractivity contribution in [2.75, 3.05) is 13.1 Å². The molecular weight excluding hydrogens is 204 g/mol. The van der Waals surface area contributed by atoms with Gasteiger partial charge in [0.15, 0.2) is 0 Å². The van der Waals surface area contributed by atoms with Crippen LogP contribution in [0.15, 0.2) is 11.6 Å². The van der Waals surface area contributed by atoms with Crippen LogP contribution in [-0.4, -0.2) is 24.9 Å². The maximum Gasteiger partial charge on any atom is 0.309 e. The smallest absolute Gasteiger partial charge is 0.309 e. The second kappa shape index (κ2) is 7.04. The van der Waals surface area contributed by atoms with Gasteiger partial charge in [0, 0.05) is 13.1 Å². The van der Waals surface area contributed by atoms with Crippen molar-refractivity contribution in [1.82, 2.24) is 10.6 Å². The highest BCUT2D eigenvalue weighted by Gasteiger charge is 2.11.